The number of carboxylic acids is 4. The second kappa shape index (κ2) is 19.7. The van der Waals surface area contributed by atoms with Crippen LogP contribution in [0.15, 0.2) is 72.8 Å². The van der Waals surface area contributed by atoms with Gasteiger partial charge in [0.25, 0.3) is 23.6 Å². The average molecular weight is 999 g/mol. The molecule has 7 N–H and O–H groups in total. The molecule has 1 saturated heterocycles. The molecule has 4 aliphatic rings. The van der Waals surface area contributed by atoms with Crippen molar-refractivity contribution in [3.63, 3.8) is 0 Å². The number of benzene rings is 3. The lowest BCUT2D eigenvalue weighted by Crippen LogP contribution is -2.68. The number of fused-ring (bicyclic) bond motifs is 3. The van der Waals surface area contributed by atoms with Gasteiger partial charge in [-0.05, 0) is 64.1 Å². The molecule has 0 saturated carbocycles. The van der Waals surface area contributed by atoms with Gasteiger partial charge in [0.05, 0.1) is 49.6 Å². The number of aliphatic carboxylic acids is 4. The Balaban J connectivity index is 0.000000218. The lowest BCUT2D eigenvalue weighted by molar-refractivity contribution is -0.163. The molecule has 4 aliphatic heterocycles. The summed E-state index contributed by atoms with van der Waals surface area (Å²) < 4.78 is 4.35. The maximum absolute atomic E-state index is 12.7. The maximum Gasteiger partial charge on any atom is 0.346 e. The van der Waals surface area contributed by atoms with Crippen molar-refractivity contribution < 1.29 is 82.7 Å². The number of carboxylic acid groups (broad SMARTS) is 4. The molecular formula is C51H58N4O17. The van der Waals surface area contributed by atoms with Crippen LogP contribution in [0.4, 0.5) is 0 Å². The fourth-order valence-electron chi connectivity index (χ4n) is 7.99. The number of piperidine rings is 1. The van der Waals surface area contributed by atoms with Crippen LogP contribution in [0.25, 0.3) is 0 Å². The first-order chi connectivity index (χ1) is 32.9. The van der Waals surface area contributed by atoms with E-state index < -0.39 is 122 Å². The molecule has 0 aliphatic carbocycles. The van der Waals surface area contributed by atoms with E-state index in [-0.39, 0.29) is 22.3 Å². The Morgan fingerprint density at radius 1 is 0.556 bits per heavy atom. The van der Waals surface area contributed by atoms with Gasteiger partial charge in [0, 0.05) is 16.2 Å². The lowest BCUT2D eigenvalue weighted by Gasteiger charge is -2.50. The van der Waals surface area contributed by atoms with E-state index in [4.69, 9.17) is 15.9 Å². The van der Waals surface area contributed by atoms with Crippen molar-refractivity contribution in [3.8, 4) is 0 Å². The minimum Gasteiger partial charge on any atom is -0.481 e. The number of carbonyl (C=O) groups excluding carboxylic acids is 8. The first-order valence-electron chi connectivity index (χ1n) is 22.2. The highest BCUT2D eigenvalue weighted by Crippen LogP contribution is 2.48. The summed E-state index contributed by atoms with van der Waals surface area (Å²) in [6.07, 6.45) is 0. The van der Waals surface area contributed by atoms with E-state index in [1.54, 1.807) is 102 Å². The molecule has 7 rings (SSSR count). The zero-order valence-corrected chi connectivity index (χ0v) is 41.7. The van der Waals surface area contributed by atoms with Gasteiger partial charge in [-0.15, -0.1) is 0 Å². The first kappa shape index (κ1) is 56.6. The van der Waals surface area contributed by atoms with Crippen molar-refractivity contribution in [2.24, 2.45) is 38.2 Å². The van der Waals surface area contributed by atoms with Crippen molar-refractivity contribution in [1.82, 2.24) is 15.1 Å². The standard InChI is InChI=1S/C17H18N2O4.C17H19NO6.C9H17NO4.C8H4O3/c1-16(2)11(12(20)18-15(23)17(16,3)4)19-13(21)9-7-5-6-8-10(9)14(19)22;1-16(2,17(3,4)15(23)24)11(14(21)22)18-12(19)9-7-5-6-8-10(9)13(18)20;1-8(2,5(10)6(11)12)9(3,4)7(13)14;9-7-5-3-1-2-4-6(5)8(10)11-7/h5-8,11H,1-4H3,(H,18,20,23);5-8,11H,1-4H3,(H,21,22)(H,23,24);5H,10H2,1-4H3,(H,11,12)(H,13,14);1-4H. The Bertz CT molecular complexity index is 2740. The third kappa shape index (κ3) is 9.50. The number of nitrogens with zero attached hydrogens (tertiary/aromatic N) is 2. The predicted octanol–water partition coefficient (Wildman–Crippen LogP) is 4.77. The molecule has 1 fully saturated rings. The summed E-state index contributed by atoms with van der Waals surface area (Å²) in [4.78, 5) is 144. The molecule has 384 valence electrons. The largest absolute Gasteiger partial charge is 0.481 e. The number of cyclic esters (lactones) is 2. The van der Waals surface area contributed by atoms with E-state index in [0.29, 0.717) is 16.0 Å². The normalized spacial score (nSPS) is 18.6. The third-order valence-electron chi connectivity index (χ3n) is 15.3. The van der Waals surface area contributed by atoms with Crippen LogP contribution >= 0.6 is 0 Å². The average Bonchev–Trinajstić information content (AvgIpc) is 3.83. The summed E-state index contributed by atoms with van der Waals surface area (Å²) in [5.41, 5.74) is 0.0493. The highest BCUT2D eigenvalue weighted by Gasteiger charge is 2.61. The number of rotatable bonds is 10. The van der Waals surface area contributed by atoms with Crippen LogP contribution in [0.1, 0.15) is 145 Å². The van der Waals surface area contributed by atoms with E-state index in [1.165, 1.54) is 53.7 Å². The van der Waals surface area contributed by atoms with Crippen molar-refractivity contribution in [2.75, 3.05) is 0 Å². The number of esters is 2. The molecule has 3 atom stereocenters. The molecule has 6 amide bonds. The number of imide groups is 3. The van der Waals surface area contributed by atoms with E-state index >= 15 is 0 Å². The number of hydrogen-bond donors (Lipinski definition) is 6. The van der Waals surface area contributed by atoms with Crippen molar-refractivity contribution in [1.29, 1.82) is 0 Å². The molecule has 0 aromatic heterocycles. The van der Waals surface area contributed by atoms with Gasteiger partial charge in [-0.3, -0.25) is 58.3 Å². The highest BCUT2D eigenvalue weighted by molar-refractivity contribution is 6.24. The van der Waals surface area contributed by atoms with Gasteiger partial charge in [-0.2, -0.15) is 0 Å². The Labute approximate surface area is 413 Å². The molecule has 72 heavy (non-hydrogen) atoms. The van der Waals surface area contributed by atoms with Gasteiger partial charge in [-0.25, -0.2) is 14.4 Å². The summed E-state index contributed by atoms with van der Waals surface area (Å²) in [5, 5.41) is 39.2. The number of amides is 6. The molecule has 3 aromatic carbocycles. The van der Waals surface area contributed by atoms with Gasteiger partial charge >= 0.3 is 35.8 Å². The number of carbonyl (C=O) groups is 12. The van der Waals surface area contributed by atoms with E-state index in [9.17, 15) is 67.7 Å². The van der Waals surface area contributed by atoms with Crippen molar-refractivity contribution in [3.05, 3.63) is 106 Å². The minimum absolute atomic E-state index is 0.123. The quantitative estimate of drug-likeness (QED) is 0.0905. The van der Waals surface area contributed by atoms with Crippen LogP contribution in [0.2, 0.25) is 0 Å². The molecule has 0 bridgehead atoms. The number of ether oxygens (including phenoxy) is 1. The molecule has 4 heterocycles. The number of nitrogens with one attached hydrogen (secondary N) is 1. The van der Waals surface area contributed by atoms with Gasteiger partial charge < -0.3 is 30.9 Å². The molecule has 3 aromatic rings. The molecule has 21 nitrogen and oxygen atoms in total. The summed E-state index contributed by atoms with van der Waals surface area (Å²) in [6.45, 7) is 18.5. The van der Waals surface area contributed by atoms with Gasteiger partial charge in [-0.1, -0.05) is 91.8 Å². The lowest BCUT2D eigenvalue weighted by atomic mass is 9.60. The monoisotopic (exact) mass is 998 g/mol. The molecule has 0 radical (unpaired) electrons. The Hall–Kier alpha value is -7.94. The third-order valence-corrected chi connectivity index (χ3v) is 15.3. The molecule has 0 spiro atoms. The summed E-state index contributed by atoms with van der Waals surface area (Å²) >= 11 is 0. The number of nitrogens with two attached hydrogens (primary N) is 1. The van der Waals surface area contributed by atoms with Crippen LogP contribution in [0.5, 0.6) is 0 Å². The van der Waals surface area contributed by atoms with E-state index in [2.05, 4.69) is 10.1 Å². The SMILES string of the molecule is CC(C)(C(=O)O)C(C)(C)C(C(=O)O)N1C(=O)c2ccccc2C1=O.CC(C)(C(=O)O)C(C)(C)C(N)C(=O)O.CC1(C)C(=O)NC(=O)C(N2C(=O)c3ccccc3C2=O)C1(C)C.O=C1OC(=O)c2ccccc21. The number of hydrogen-bond acceptors (Lipinski definition) is 14. The highest BCUT2D eigenvalue weighted by atomic mass is 16.6. The zero-order chi connectivity index (χ0) is 55.2. The van der Waals surface area contributed by atoms with Crippen molar-refractivity contribution in [2.45, 2.75) is 101 Å². The molecular weight excluding hydrogens is 941 g/mol. The van der Waals surface area contributed by atoms with Crippen molar-refractivity contribution >= 4 is 71.3 Å². The van der Waals surface area contributed by atoms with Gasteiger partial charge in [0.2, 0.25) is 11.8 Å². The minimum atomic E-state index is -1.61. The predicted molar refractivity (Wildman–Crippen MR) is 252 cm³/mol. The smallest absolute Gasteiger partial charge is 0.346 e. The van der Waals surface area contributed by atoms with Gasteiger partial charge in [0.1, 0.15) is 18.1 Å². The van der Waals surface area contributed by atoms with E-state index in [0.717, 1.165) is 4.90 Å². The molecule has 21 heteroatoms. The Morgan fingerprint density at radius 2 is 0.889 bits per heavy atom. The van der Waals surface area contributed by atoms with E-state index in [1.807, 2.05) is 0 Å². The second-order valence-corrected chi connectivity index (χ2v) is 20.7. The summed E-state index contributed by atoms with van der Waals surface area (Å²) in [6, 6.07) is 15.2. The summed E-state index contributed by atoms with van der Waals surface area (Å²) in [7, 11) is 0. The summed E-state index contributed by atoms with van der Waals surface area (Å²) in [5.74, 6) is -9.45. The van der Waals surface area contributed by atoms with Crippen LogP contribution in [0, 0.1) is 32.5 Å². The fraction of sp³-hybridized carbons (Fsp3) is 0.412. The second-order valence-electron chi connectivity index (χ2n) is 20.7. The van der Waals surface area contributed by atoms with Crippen LogP contribution < -0.4 is 11.1 Å². The fourth-order valence-corrected chi connectivity index (χ4v) is 7.99. The molecule has 3 unspecified atom stereocenters. The maximum atomic E-state index is 12.7. The topological polar surface area (TPSA) is 340 Å². The Morgan fingerprint density at radius 3 is 1.22 bits per heavy atom. The van der Waals surface area contributed by atoms with Gasteiger partial charge in [0.15, 0.2) is 0 Å². The van der Waals surface area contributed by atoms with Crippen LogP contribution in [-0.2, 0) is 33.5 Å². The Kier molecular flexibility index (Phi) is 15.5. The first-order valence-corrected chi connectivity index (χ1v) is 22.2. The van der Waals surface area contributed by atoms with Crippen LogP contribution in [0.3, 0.4) is 0 Å². The zero-order valence-electron chi connectivity index (χ0n) is 41.7. The van der Waals surface area contributed by atoms with Crippen LogP contribution in [-0.4, -0.2) is 120 Å².